The molecule has 0 aromatic carbocycles. The summed E-state index contributed by atoms with van der Waals surface area (Å²) >= 11 is 0. The van der Waals surface area contributed by atoms with Gasteiger partial charge in [-0.2, -0.15) is 5.10 Å². The van der Waals surface area contributed by atoms with Crippen LogP contribution in [-0.2, 0) is 6.54 Å². The molecule has 0 radical (unpaired) electrons. The third-order valence-electron chi connectivity index (χ3n) is 6.71. The van der Waals surface area contributed by atoms with Crippen LogP contribution in [0, 0.1) is 5.92 Å². The summed E-state index contributed by atoms with van der Waals surface area (Å²) in [5, 5.41) is 10.1. The number of anilines is 1. The van der Waals surface area contributed by atoms with Crippen molar-refractivity contribution in [2.45, 2.75) is 45.3 Å². The molecule has 4 heterocycles. The lowest BCUT2D eigenvalue weighted by molar-refractivity contribution is 0.0733. The average molecular weight is 424 g/mol. The van der Waals surface area contributed by atoms with E-state index < -0.39 is 0 Å². The number of urea groups is 1. The number of rotatable bonds is 4. The molecule has 0 spiro atoms. The molecule has 1 saturated heterocycles. The predicted molar refractivity (Wildman–Crippen MR) is 115 cm³/mol. The first kappa shape index (κ1) is 20.0. The van der Waals surface area contributed by atoms with Crippen molar-refractivity contribution in [1.29, 1.82) is 0 Å². The van der Waals surface area contributed by atoms with E-state index in [1.165, 1.54) is 19.4 Å². The summed E-state index contributed by atoms with van der Waals surface area (Å²) in [6, 6.07) is 5.51. The fourth-order valence-electron chi connectivity index (χ4n) is 4.61. The van der Waals surface area contributed by atoms with Crippen LogP contribution in [0.25, 0.3) is 0 Å². The Morgan fingerprint density at radius 2 is 2.06 bits per heavy atom. The molecule has 2 fully saturated rings. The highest BCUT2D eigenvalue weighted by Gasteiger charge is 2.39. The fourth-order valence-corrected chi connectivity index (χ4v) is 4.61. The van der Waals surface area contributed by atoms with Gasteiger partial charge < -0.3 is 15.1 Å². The molecule has 9 heteroatoms. The molecule has 0 bridgehead atoms. The number of pyridine rings is 1. The molecule has 3 aliphatic rings. The van der Waals surface area contributed by atoms with Crippen LogP contribution >= 0.6 is 0 Å². The first-order valence-electron chi connectivity index (χ1n) is 11.1. The monoisotopic (exact) mass is 423 g/mol. The summed E-state index contributed by atoms with van der Waals surface area (Å²) < 4.78 is 0. The second kappa shape index (κ2) is 7.96. The van der Waals surface area contributed by atoms with Gasteiger partial charge in [-0.15, -0.1) is 0 Å². The van der Waals surface area contributed by atoms with Crippen LogP contribution in [-0.4, -0.2) is 74.0 Å². The molecule has 2 aromatic heterocycles. The van der Waals surface area contributed by atoms with Gasteiger partial charge in [-0.1, -0.05) is 6.07 Å². The number of aromatic amines is 1. The van der Waals surface area contributed by atoms with Crippen molar-refractivity contribution in [2.24, 2.45) is 5.92 Å². The van der Waals surface area contributed by atoms with Gasteiger partial charge in [-0.25, -0.2) is 4.79 Å². The maximum atomic E-state index is 13.3. The van der Waals surface area contributed by atoms with E-state index in [1.807, 2.05) is 16.7 Å². The van der Waals surface area contributed by atoms with Crippen molar-refractivity contribution < 1.29 is 9.59 Å². The Hall–Kier alpha value is -2.94. The van der Waals surface area contributed by atoms with Crippen LogP contribution in [0.2, 0.25) is 0 Å². The number of hydrogen-bond donors (Lipinski definition) is 2. The summed E-state index contributed by atoms with van der Waals surface area (Å²) in [6.45, 7) is 8.26. The number of nitrogens with one attached hydrogen (secondary N) is 2. The van der Waals surface area contributed by atoms with Gasteiger partial charge in [0.05, 0.1) is 18.3 Å². The molecule has 31 heavy (non-hydrogen) atoms. The van der Waals surface area contributed by atoms with Crippen LogP contribution in [0.3, 0.4) is 0 Å². The lowest BCUT2D eigenvalue weighted by Gasteiger charge is -2.41. The molecule has 2 aliphatic heterocycles. The Balaban J connectivity index is 1.24. The lowest BCUT2D eigenvalue weighted by atomic mass is 10.1. The maximum absolute atomic E-state index is 13.3. The average Bonchev–Trinajstić information content (AvgIpc) is 3.43. The number of H-pyrrole nitrogens is 1. The zero-order valence-corrected chi connectivity index (χ0v) is 18.0. The Kier molecular flexibility index (Phi) is 5.13. The van der Waals surface area contributed by atoms with Gasteiger partial charge in [0, 0.05) is 44.0 Å². The van der Waals surface area contributed by atoms with Crippen LogP contribution < -0.4 is 5.32 Å². The van der Waals surface area contributed by atoms with E-state index in [0.717, 1.165) is 36.8 Å². The van der Waals surface area contributed by atoms with E-state index in [9.17, 15) is 9.59 Å². The van der Waals surface area contributed by atoms with Crippen molar-refractivity contribution in [3.8, 4) is 0 Å². The lowest BCUT2D eigenvalue weighted by Crippen LogP contribution is -2.56. The SMILES string of the molecule is CC1CN(C(=O)N2Cc3c(NC(=O)c4ccccn4)n[nH]c3C2C)CCN1CC1CC1. The van der Waals surface area contributed by atoms with Gasteiger partial charge in [0.15, 0.2) is 5.82 Å². The van der Waals surface area contributed by atoms with E-state index in [4.69, 9.17) is 0 Å². The van der Waals surface area contributed by atoms with Crippen molar-refractivity contribution in [2.75, 3.05) is 31.5 Å². The topological polar surface area (TPSA) is 97.5 Å². The number of fused-ring (bicyclic) bond motifs is 1. The summed E-state index contributed by atoms with van der Waals surface area (Å²) in [4.78, 5) is 36.2. The first-order valence-corrected chi connectivity index (χ1v) is 11.1. The Labute approximate surface area is 181 Å². The molecule has 2 atom stereocenters. The molecule has 9 nitrogen and oxygen atoms in total. The molecule has 1 aliphatic carbocycles. The molecule has 5 rings (SSSR count). The highest BCUT2D eigenvalue weighted by molar-refractivity contribution is 6.02. The number of carbonyl (C=O) groups excluding carboxylic acids is 2. The Bertz CT molecular complexity index is 971. The number of carbonyl (C=O) groups is 2. The quantitative estimate of drug-likeness (QED) is 0.787. The highest BCUT2D eigenvalue weighted by atomic mass is 16.2. The zero-order chi connectivity index (χ0) is 21.5. The number of amides is 3. The first-order chi connectivity index (χ1) is 15.0. The van der Waals surface area contributed by atoms with E-state index in [-0.39, 0.29) is 18.0 Å². The largest absolute Gasteiger partial charge is 0.322 e. The fraction of sp³-hybridized carbons (Fsp3) is 0.545. The van der Waals surface area contributed by atoms with Crippen LogP contribution in [0.15, 0.2) is 24.4 Å². The minimum Gasteiger partial charge on any atom is -0.322 e. The van der Waals surface area contributed by atoms with E-state index in [0.29, 0.717) is 24.1 Å². The summed E-state index contributed by atoms with van der Waals surface area (Å²) in [6.07, 6.45) is 4.28. The molecule has 2 aromatic rings. The zero-order valence-electron chi connectivity index (χ0n) is 18.0. The Morgan fingerprint density at radius 3 is 2.77 bits per heavy atom. The minimum absolute atomic E-state index is 0.0528. The van der Waals surface area contributed by atoms with E-state index in [1.54, 1.807) is 24.4 Å². The minimum atomic E-state index is -0.312. The van der Waals surface area contributed by atoms with Gasteiger partial charge >= 0.3 is 6.03 Å². The smallest absolute Gasteiger partial charge is 0.320 e. The summed E-state index contributed by atoms with van der Waals surface area (Å²) in [7, 11) is 0. The molecule has 2 unspecified atom stereocenters. The normalized spacial score (nSPS) is 23.7. The van der Waals surface area contributed by atoms with E-state index >= 15 is 0 Å². The standard InChI is InChI=1S/C22H29N7O2/c1-14-11-28(10-9-27(14)12-16-6-7-16)22(31)29-13-17-19(15(29)2)25-26-20(17)24-21(30)18-5-3-4-8-23-18/h3-5,8,14-16H,6-7,9-13H2,1-2H3,(H2,24,25,26,30). The summed E-state index contributed by atoms with van der Waals surface area (Å²) in [5.41, 5.74) is 2.08. The molecule has 2 N–H and O–H groups in total. The van der Waals surface area contributed by atoms with Crippen molar-refractivity contribution in [3.05, 3.63) is 41.3 Å². The van der Waals surface area contributed by atoms with Gasteiger partial charge in [-0.05, 0) is 44.7 Å². The van der Waals surface area contributed by atoms with Gasteiger partial charge in [0.2, 0.25) is 0 Å². The molecule has 3 amide bonds. The molecular weight excluding hydrogens is 394 g/mol. The van der Waals surface area contributed by atoms with Crippen molar-refractivity contribution in [1.82, 2.24) is 29.9 Å². The van der Waals surface area contributed by atoms with Crippen LogP contribution in [0.4, 0.5) is 10.6 Å². The molecule has 164 valence electrons. The van der Waals surface area contributed by atoms with Gasteiger partial charge in [0.1, 0.15) is 5.69 Å². The Morgan fingerprint density at radius 1 is 1.23 bits per heavy atom. The van der Waals surface area contributed by atoms with Crippen molar-refractivity contribution in [3.63, 3.8) is 0 Å². The number of nitrogens with zero attached hydrogens (tertiary/aromatic N) is 5. The highest BCUT2D eigenvalue weighted by Crippen LogP contribution is 2.37. The third-order valence-corrected chi connectivity index (χ3v) is 6.71. The second-order valence-electron chi connectivity index (χ2n) is 8.95. The van der Waals surface area contributed by atoms with Gasteiger partial charge in [0.25, 0.3) is 5.91 Å². The number of piperazine rings is 1. The second-order valence-corrected chi connectivity index (χ2v) is 8.95. The summed E-state index contributed by atoms with van der Waals surface area (Å²) in [5.74, 6) is 1.02. The maximum Gasteiger partial charge on any atom is 0.320 e. The van der Waals surface area contributed by atoms with Crippen molar-refractivity contribution >= 4 is 17.8 Å². The van der Waals surface area contributed by atoms with E-state index in [2.05, 4.69) is 32.3 Å². The predicted octanol–water partition coefficient (Wildman–Crippen LogP) is 2.47. The van der Waals surface area contributed by atoms with Crippen LogP contribution in [0.1, 0.15) is 54.5 Å². The third kappa shape index (κ3) is 3.89. The molecular formula is C22H29N7O2. The van der Waals surface area contributed by atoms with Gasteiger partial charge in [-0.3, -0.25) is 19.8 Å². The number of aromatic nitrogens is 3. The van der Waals surface area contributed by atoms with Crippen LogP contribution in [0.5, 0.6) is 0 Å². The molecule has 1 saturated carbocycles. The number of hydrogen-bond acceptors (Lipinski definition) is 5.